The molecule has 0 aliphatic rings. The number of hydrogen-bond acceptors (Lipinski definition) is 3. The van der Waals surface area contributed by atoms with E-state index in [1.165, 1.54) is 6.26 Å². The summed E-state index contributed by atoms with van der Waals surface area (Å²) in [6.07, 6.45) is -3.66. The van der Waals surface area contributed by atoms with Crippen molar-refractivity contribution in [2.24, 2.45) is 0 Å². The van der Waals surface area contributed by atoms with E-state index in [9.17, 15) is 13.2 Å². The van der Waals surface area contributed by atoms with Gasteiger partial charge in [-0.1, -0.05) is 6.92 Å². The van der Waals surface area contributed by atoms with Gasteiger partial charge in [0.1, 0.15) is 5.76 Å². The van der Waals surface area contributed by atoms with Gasteiger partial charge in [0.05, 0.1) is 19.4 Å². The van der Waals surface area contributed by atoms with E-state index in [-0.39, 0.29) is 6.61 Å². The summed E-state index contributed by atoms with van der Waals surface area (Å²) >= 11 is 0. The number of rotatable bonds is 7. The van der Waals surface area contributed by atoms with Crippen molar-refractivity contribution in [2.45, 2.75) is 45.7 Å². The maximum Gasteiger partial charge on any atom is 0.414 e. The van der Waals surface area contributed by atoms with Crippen LogP contribution in [0.15, 0.2) is 16.7 Å². The predicted octanol–water partition coefficient (Wildman–Crippen LogP) is 3.25. The lowest BCUT2D eigenvalue weighted by molar-refractivity contribution is -0.217. The summed E-state index contributed by atoms with van der Waals surface area (Å²) in [4.78, 5) is 0. The second-order valence-corrected chi connectivity index (χ2v) is 4.04. The molecule has 3 nitrogen and oxygen atoms in total. The Hall–Kier alpha value is -1.01. The van der Waals surface area contributed by atoms with Crippen LogP contribution in [0.25, 0.3) is 0 Å². The first kappa shape index (κ1) is 15.0. The Morgan fingerprint density at radius 1 is 1.44 bits per heavy atom. The molecule has 0 saturated carbocycles. The molecule has 104 valence electrons. The molecule has 1 heterocycles. The van der Waals surface area contributed by atoms with Crippen molar-refractivity contribution in [3.63, 3.8) is 0 Å². The van der Waals surface area contributed by atoms with E-state index in [0.29, 0.717) is 17.9 Å². The molecule has 0 spiro atoms. The van der Waals surface area contributed by atoms with Crippen LogP contribution < -0.4 is 5.32 Å². The maximum atomic E-state index is 12.3. The van der Waals surface area contributed by atoms with Gasteiger partial charge in [-0.2, -0.15) is 13.2 Å². The first-order chi connectivity index (χ1) is 8.45. The fourth-order valence-electron chi connectivity index (χ4n) is 1.34. The quantitative estimate of drug-likeness (QED) is 0.768. The van der Waals surface area contributed by atoms with Crippen LogP contribution in [0.3, 0.4) is 0 Å². The largest absolute Gasteiger partial charge is 0.468 e. The van der Waals surface area contributed by atoms with Gasteiger partial charge in [0, 0.05) is 5.56 Å². The Morgan fingerprint density at radius 2 is 2.17 bits per heavy atom. The fraction of sp³-hybridized carbons (Fsp3) is 0.667. The molecule has 0 aliphatic heterocycles. The SMILES string of the molecule is CCCNCc1occc1COC(C)C(F)(F)F. The topological polar surface area (TPSA) is 34.4 Å². The van der Waals surface area contributed by atoms with Gasteiger partial charge in [-0.25, -0.2) is 0 Å². The standard InChI is InChI=1S/C12H18F3NO2/c1-3-5-16-7-11-10(4-6-17-11)8-18-9(2)12(13,14)15/h4,6,9,16H,3,5,7-8H2,1-2H3. The molecular weight excluding hydrogens is 247 g/mol. The molecule has 1 aromatic rings. The number of furan rings is 1. The number of hydrogen-bond donors (Lipinski definition) is 1. The van der Waals surface area contributed by atoms with Crippen molar-refractivity contribution < 1.29 is 22.3 Å². The lowest BCUT2D eigenvalue weighted by atomic mass is 10.2. The van der Waals surface area contributed by atoms with Gasteiger partial charge in [-0.05, 0) is 26.0 Å². The molecule has 0 aromatic carbocycles. The van der Waals surface area contributed by atoms with Crippen molar-refractivity contribution in [1.82, 2.24) is 5.32 Å². The molecule has 0 radical (unpaired) electrons. The smallest absolute Gasteiger partial charge is 0.414 e. The van der Waals surface area contributed by atoms with Crippen molar-refractivity contribution in [3.05, 3.63) is 23.7 Å². The van der Waals surface area contributed by atoms with E-state index in [1.54, 1.807) is 6.07 Å². The normalized spacial score (nSPS) is 13.8. The summed E-state index contributed by atoms with van der Waals surface area (Å²) in [6.45, 7) is 4.26. The minimum absolute atomic E-state index is 0.0969. The molecule has 1 N–H and O–H groups in total. The van der Waals surface area contributed by atoms with E-state index in [2.05, 4.69) is 5.32 Å². The van der Waals surface area contributed by atoms with Crippen LogP contribution in [0.5, 0.6) is 0 Å². The number of halogens is 3. The lowest BCUT2D eigenvalue weighted by Crippen LogP contribution is -2.28. The molecule has 0 fully saturated rings. The summed E-state index contributed by atoms with van der Waals surface area (Å²) in [7, 11) is 0. The van der Waals surface area contributed by atoms with Gasteiger partial charge in [-0.3, -0.25) is 0 Å². The Bertz CT molecular complexity index is 349. The van der Waals surface area contributed by atoms with Crippen molar-refractivity contribution in [2.75, 3.05) is 6.54 Å². The van der Waals surface area contributed by atoms with E-state index >= 15 is 0 Å². The van der Waals surface area contributed by atoms with Crippen molar-refractivity contribution >= 4 is 0 Å². The van der Waals surface area contributed by atoms with Crippen molar-refractivity contribution in [3.8, 4) is 0 Å². The highest BCUT2D eigenvalue weighted by atomic mass is 19.4. The van der Waals surface area contributed by atoms with Crippen LogP contribution >= 0.6 is 0 Å². The number of ether oxygens (including phenoxy) is 1. The average Bonchev–Trinajstić information content (AvgIpc) is 2.72. The molecule has 6 heteroatoms. The third-order valence-corrected chi connectivity index (χ3v) is 2.50. The van der Waals surface area contributed by atoms with Gasteiger partial charge in [-0.15, -0.1) is 0 Å². The minimum atomic E-state index is -4.33. The zero-order valence-corrected chi connectivity index (χ0v) is 10.5. The maximum absolute atomic E-state index is 12.3. The predicted molar refractivity (Wildman–Crippen MR) is 61.0 cm³/mol. The summed E-state index contributed by atoms with van der Waals surface area (Å²) in [5.41, 5.74) is 0.648. The van der Waals surface area contributed by atoms with E-state index in [0.717, 1.165) is 19.9 Å². The Kier molecular flexibility index (Phi) is 5.68. The van der Waals surface area contributed by atoms with Crippen LogP contribution in [-0.2, 0) is 17.9 Å². The third-order valence-electron chi connectivity index (χ3n) is 2.50. The first-order valence-electron chi connectivity index (χ1n) is 5.89. The molecular formula is C12H18F3NO2. The molecule has 0 aliphatic carbocycles. The monoisotopic (exact) mass is 265 g/mol. The van der Waals surface area contributed by atoms with Crippen LogP contribution in [0.1, 0.15) is 31.6 Å². The fourth-order valence-corrected chi connectivity index (χ4v) is 1.34. The van der Waals surface area contributed by atoms with Crippen LogP contribution in [-0.4, -0.2) is 18.8 Å². The Morgan fingerprint density at radius 3 is 2.78 bits per heavy atom. The summed E-state index contributed by atoms with van der Waals surface area (Å²) < 4.78 is 46.8. The number of nitrogens with one attached hydrogen (secondary N) is 1. The van der Waals surface area contributed by atoms with Crippen LogP contribution in [0.4, 0.5) is 13.2 Å². The molecule has 0 saturated heterocycles. The molecule has 1 rings (SSSR count). The van der Waals surface area contributed by atoms with E-state index in [1.807, 2.05) is 6.92 Å². The molecule has 18 heavy (non-hydrogen) atoms. The van der Waals surface area contributed by atoms with Gasteiger partial charge in [0.2, 0.25) is 0 Å². The molecule has 1 unspecified atom stereocenters. The first-order valence-corrected chi connectivity index (χ1v) is 5.89. The second kappa shape index (κ2) is 6.80. The van der Waals surface area contributed by atoms with Gasteiger partial charge in [0.15, 0.2) is 6.10 Å². The highest BCUT2D eigenvalue weighted by Gasteiger charge is 2.36. The molecule has 1 aromatic heterocycles. The minimum Gasteiger partial charge on any atom is -0.468 e. The average molecular weight is 265 g/mol. The summed E-state index contributed by atoms with van der Waals surface area (Å²) in [5.74, 6) is 0.623. The molecule has 0 bridgehead atoms. The van der Waals surface area contributed by atoms with Gasteiger partial charge < -0.3 is 14.5 Å². The van der Waals surface area contributed by atoms with Crippen LogP contribution in [0.2, 0.25) is 0 Å². The number of alkyl halides is 3. The molecule has 0 amide bonds. The van der Waals surface area contributed by atoms with Gasteiger partial charge >= 0.3 is 6.18 Å². The third kappa shape index (κ3) is 4.70. The summed E-state index contributed by atoms with van der Waals surface area (Å²) in [5, 5.41) is 3.12. The summed E-state index contributed by atoms with van der Waals surface area (Å²) in [6, 6.07) is 1.63. The van der Waals surface area contributed by atoms with Crippen molar-refractivity contribution in [1.29, 1.82) is 0 Å². The lowest BCUT2D eigenvalue weighted by Gasteiger charge is -2.16. The van der Waals surface area contributed by atoms with E-state index in [4.69, 9.17) is 9.15 Å². The van der Waals surface area contributed by atoms with Crippen LogP contribution in [0, 0.1) is 0 Å². The zero-order valence-electron chi connectivity index (χ0n) is 10.5. The van der Waals surface area contributed by atoms with Gasteiger partial charge in [0.25, 0.3) is 0 Å². The molecule has 1 atom stereocenters. The van der Waals surface area contributed by atoms with E-state index < -0.39 is 12.3 Å². The highest BCUT2D eigenvalue weighted by molar-refractivity contribution is 5.15. The Balaban J connectivity index is 2.45. The second-order valence-electron chi connectivity index (χ2n) is 4.04. The zero-order chi connectivity index (χ0) is 13.6. The Labute approximate surface area is 104 Å². The highest BCUT2D eigenvalue weighted by Crippen LogP contribution is 2.24.